The Hall–Kier alpha value is -1.40. The van der Waals surface area contributed by atoms with E-state index < -0.39 is 0 Å². The Morgan fingerprint density at radius 3 is 2.71 bits per heavy atom. The molecule has 0 aliphatic carbocycles. The normalized spacial score (nSPS) is 17.2. The van der Waals surface area contributed by atoms with Gasteiger partial charge >= 0.3 is 0 Å². The maximum atomic E-state index is 5.34. The molecule has 0 unspecified atom stereocenters. The van der Waals surface area contributed by atoms with Gasteiger partial charge in [0.15, 0.2) is 0 Å². The molecular weight excluding hydrogens is 216 g/mol. The third-order valence-electron chi connectivity index (χ3n) is 3.04. The summed E-state index contributed by atoms with van der Waals surface area (Å²) in [5.41, 5.74) is 2.55. The maximum Gasteiger partial charge on any atom is 0.145 e. The van der Waals surface area contributed by atoms with Gasteiger partial charge in [-0.1, -0.05) is 6.92 Å². The Bertz CT molecular complexity index is 348. The van der Waals surface area contributed by atoms with Gasteiger partial charge in [0.1, 0.15) is 18.0 Å². The molecule has 0 bridgehead atoms. The van der Waals surface area contributed by atoms with Crippen LogP contribution in [0.1, 0.15) is 13.3 Å². The highest BCUT2D eigenvalue weighted by atomic mass is 15.3. The monoisotopic (exact) mass is 236 g/mol. The van der Waals surface area contributed by atoms with Crippen LogP contribution in [-0.2, 0) is 0 Å². The number of nitrogens with zero attached hydrogens (tertiary/aromatic N) is 4. The lowest BCUT2D eigenvalue weighted by Gasteiger charge is -2.35. The van der Waals surface area contributed by atoms with Gasteiger partial charge in [-0.2, -0.15) is 0 Å². The van der Waals surface area contributed by atoms with Gasteiger partial charge in [-0.15, -0.1) is 0 Å². The van der Waals surface area contributed by atoms with Crippen molar-refractivity contribution in [3.63, 3.8) is 0 Å². The fraction of sp³-hybridized carbons (Fsp3) is 0.636. The minimum absolute atomic E-state index is 0.658. The molecule has 1 aliphatic rings. The van der Waals surface area contributed by atoms with Crippen molar-refractivity contribution in [2.75, 3.05) is 43.0 Å². The van der Waals surface area contributed by atoms with Gasteiger partial charge in [-0.25, -0.2) is 15.8 Å². The van der Waals surface area contributed by atoms with Crippen molar-refractivity contribution in [2.24, 2.45) is 5.84 Å². The molecule has 0 spiro atoms. The zero-order valence-corrected chi connectivity index (χ0v) is 10.3. The second-order valence-corrected chi connectivity index (χ2v) is 4.23. The zero-order valence-electron chi connectivity index (χ0n) is 10.3. The predicted molar refractivity (Wildman–Crippen MR) is 68.8 cm³/mol. The number of hydrogen-bond donors (Lipinski definition) is 2. The molecule has 1 aromatic rings. The van der Waals surface area contributed by atoms with Crippen LogP contribution in [0.15, 0.2) is 12.4 Å². The van der Waals surface area contributed by atoms with Crippen molar-refractivity contribution in [1.29, 1.82) is 0 Å². The number of nitrogens with two attached hydrogens (primary N) is 1. The predicted octanol–water partition coefficient (Wildman–Crippen LogP) is 0.294. The summed E-state index contributed by atoms with van der Waals surface area (Å²) in [7, 11) is 0. The molecule has 1 saturated heterocycles. The summed E-state index contributed by atoms with van der Waals surface area (Å²) in [4.78, 5) is 13.1. The van der Waals surface area contributed by atoms with E-state index in [1.165, 1.54) is 13.0 Å². The van der Waals surface area contributed by atoms with E-state index in [1.807, 2.05) is 6.07 Å². The van der Waals surface area contributed by atoms with Crippen molar-refractivity contribution >= 4 is 11.6 Å². The molecule has 1 aliphatic heterocycles. The number of anilines is 2. The van der Waals surface area contributed by atoms with E-state index in [9.17, 15) is 0 Å². The largest absolute Gasteiger partial charge is 0.354 e. The molecule has 17 heavy (non-hydrogen) atoms. The first-order valence-electron chi connectivity index (χ1n) is 6.09. The van der Waals surface area contributed by atoms with Gasteiger partial charge < -0.3 is 10.3 Å². The van der Waals surface area contributed by atoms with E-state index in [2.05, 4.69) is 32.1 Å². The summed E-state index contributed by atoms with van der Waals surface area (Å²) in [6.07, 6.45) is 2.76. The van der Waals surface area contributed by atoms with E-state index in [-0.39, 0.29) is 0 Å². The Kier molecular flexibility index (Phi) is 4.11. The lowest BCUT2D eigenvalue weighted by Crippen LogP contribution is -2.46. The molecule has 94 valence electrons. The molecule has 2 rings (SSSR count). The SMILES string of the molecule is CCCN1CCN(c2cc(NN)ncn2)CC1. The third kappa shape index (κ3) is 3.04. The molecule has 2 heterocycles. The van der Waals surface area contributed by atoms with Gasteiger partial charge in [0.25, 0.3) is 0 Å². The van der Waals surface area contributed by atoms with Crippen LogP contribution in [0, 0.1) is 0 Å². The summed E-state index contributed by atoms with van der Waals surface area (Å²) in [5, 5.41) is 0. The van der Waals surface area contributed by atoms with Crippen LogP contribution in [0.3, 0.4) is 0 Å². The van der Waals surface area contributed by atoms with Crippen molar-refractivity contribution in [2.45, 2.75) is 13.3 Å². The van der Waals surface area contributed by atoms with Crippen molar-refractivity contribution in [3.8, 4) is 0 Å². The van der Waals surface area contributed by atoms with Gasteiger partial charge in [0.05, 0.1) is 0 Å². The first-order valence-corrected chi connectivity index (χ1v) is 6.09. The average molecular weight is 236 g/mol. The average Bonchev–Trinajstić information content (AvgIpc) is 2.40. The number of hydrazine groups is 1. The Labute approximate surface area is 102 Å². The quantitative estimate of drug-likeness (QED) is 0.578. The van der Waals surface area contributed by atoms with Gasteiger partial charge in [0, 0.05) is 32.2 Å². The van der Waals surface area contributed by atoms with Crippen LogP contribution in [0.2, 0.25) is 0 Å². The second-order valence-electron chi connectivity index (χ2n) is 4.23. The lowest BCUT2D eigenvalue weighted by molar-refractivity contribution is 0.258. The van der Waals surface area contributed by atoms with Crippen LogP contribution in [0.5, 0.6) is 0 Å². The highest BCUT2D eigenvalue weighted by Crippen LogP contribution is 2.15. The molecule has 6 heteroatoms. The van der Waals surface area contributed by atoms with E-state index >= 15 is 0 Å². The molecule has 0 aromatic carbocycles. The standard InChI is InChI=1S/C11H20N6/c1-2-3-16-4-6-17(7-5-16)11-8-10(15-12)13-9-14-11/h8-9H,2-7,12H2,1H3,(H,13,14,15). The number of piperazine rings is 1. The third-order valence-corrected chi connectivity index (χ3v) is 3.04. The van der Waals surface area contributed by atoms with Crippen molar-refractivity contribution in [1.82, 2.24) is 14.9 Å². The van der Waals surface area contributed by atoms with Crippen LogP contribution >= 0.6 is 0 Å². The molecular formula is C11H20N6. The zero-order chi connectivity index (χ0) is 12.1. The minimum atomic E-state index is 0.658. The van der Waals surface area contributed by atoms with Crippen LogP contribution in [-0.4, -0.2) is 47.6 Å². The number of aromatic nitrogens is 2. The maximum absolute atomic E-state index is 5.34. The van der Waals surface area contributed by atoms with Crippen LogP contribution in [0.25, 0.3) is 0 Å². The minimum Gasteiger partial charge on any atom is -0.354 e. The topological polar surface area (TPSA) is 70.3 Å². The number of nitrogen functional groups attached to an aromatic ring is 1. The first kappa shape index (κ1) is 12.1. The van der Waals surface area contributed by atoms with Crippen LogP contribution in [0.4, 0.5) is 11.6 Å². The second kappa shape index (κ2) is 5.79. The fourth-order valence-corrected chi connectivity index (χ4v) is 2.12. The van der Waals surface area contributed by atoms with E-state index in [0.29, 0.717) is 5.82 Å². The summed E-state index contributed by atoms with van der Waals surface area (Å²) < 4.78 is 0. The Balaban J connectivity index is 1.95. The molecule has 6 nitrogen and oxygen atoms in total. The summed E-state index contributed by atoms with van der Waals surface area (Å²) >= 11 is 0. The number of rotatable bonds is 4. The molecule has 1 fully saturated rings. The molecule has 0 atom stereocenters. The molecule has 1 aromatic heterocycles. The number of hydrogen-bond acceptors (Lipinski definition) is 6. The van der Waals surface area contributed by atoms with E-state index in [4.69, 9.17) is 5.84 Å². The Morgan fingerprint density at radius 1 is 1.29 bits per heavy atom. The van der Waals surface area contributed by atoms with E-state index in [1.54, 1.807) is 6.33 Å². The summed E-state index contributed by atoms with van der Waals surface area (Å²) in [5.74, 6) is 6.95. The van der Waals surface area contributed by atoms with E-state index in [0.717, 1.165) is 32.0 Å². The summed E-state index contributed by atoms with van der Waals surface area (Å²) in [6.45, 7) is 7.64. The van der Waals surface area contributed by atoms with Crippen molar-refractivity contribution in [3.05, 3.63) is 12.4 Å². The number of nitrogens with one attached hydrogen (secondary N) is 1. The first-order chi connectivity index (χ1) is 8.33. The van der Waals surface area contributed by atoms with Crippen molar-refractivity contribution < 1.29 is 0 Å². The van der Waals surface area contributed by atoms with Crippen LogP contribution < -0.4 is 16.2 Å². The molecule has 0 radical (unpaired) electrons. The highest BCUT2D eigenvalue weighted by molar-refractivity contribution is 5.48. The highest BCUT2D eigenvalue weighted by Gasteiger charge is 2.17. The molecule has 0 saturated carbocycles. The smallest absolute Gasteiger partial charge is 0.145 e. The lowest BCUT2D eigenvalue weighted by atomic mass is 10.3. The van der Waals surface area contributed by atoms with Gasteiger partial charge in [0.2, 0.25) is 0 Å². The molecule has 0 amide bonds. The van der Waals surface area contributed by atoms with Gasteiger partial charge in [-0.3, -0.25) is 4.90 Å². The Morgan fingerprint density at radius 2 is 2.06 bits per heavy atom. The fourth-order valence-electron chi connectivity index (χ4n) is 2.12. The summed E-state index contributed by atoms with van der Waals surface area (Å²) in [6, 6.07) is 1.88. The molecule has 3 N–H and O–H groups in total. The van der Waals surface area contributed by atoms with Gasteiger partial charge in [-0.05, 0) is 13.0 Å².